The number of rotatable bonds is 9. The molecule has 1 unspecified atom stereocenters. The van der Waals surface area contributed by atoms with Crippen molar-refractivity contribution in [2.75, 3.05) is 39.4 Å². The Morgan fingerprint density at radius 1 is 1.18 bits per heavy atom. The highest BCUT2D eigenvalue weighted by Crippen LogP contribution is 2.06. The van der Waals surface area contributed by atoms with Gasteiger partial charge in [0.05, 0.1) is 13.2 Å². The van der Waals surface area contributed by atoms with Gasteiger partial charge < -0.3 is 19.9 Å². The molecule has 1 aromatic rings. The molecule has 1 atom stereocenters. The summed E-state index contributed by atoms with van der Waals surface area (Å²) in [6.45, 7) is 14.7. The highest BCUT2D eigenvalue weighted by molar-refractivity contribution is 14.0. The third-order valence-electron chi connectivity index (χ3n) is 4.95. The lowest BCUT2D eigenvalue weighted by atomic mass is 10.0. The molecular weight excluding hydrogens is 469 g/mol. The number of aryl methyl sites for hydroxylation is 1. The molecule has 0 amide bonds. The minimum Gasteiger partial charge on any atom is -0.379 e. The molecule has 1 saturated heterocycles. The Balaban J connectivity index is 0.00000392. The minimum absolute atomic E-state index is 0. The van der Waals surface area contributed by atoms with E-state index in [1.807, 2.05) is 18.5 Å². The fraction of sp³-hybridized carbons (Fsp3) is 0.842. The molecule has 0 saturated carbocycles. The summed E-state index contributed by atoms with van der Waals surface area (Å²) in [6, 6.07) is 0.378. The quantitative estimate of drug-likeness (QED) is 0.302. The molecule has 1 fully saturated rings. The fourth-order valence-corrected chi connectivity index (χ4v) is 2.94. The van der Waals surface area contributed by atoms with Gasteiger partial charge in [0.1, 0.15) is 12.4 Å². The zero-order chi connectivity index (χ0) is 19.6. The number of aromatic nitrogens is 3. The van der Waals surface area contributed by atoms with Crippen LogP contribution in [0.5, 0.6) is 0 Å². The van der Waals surface area contributed by atoms with Gasteiger partial charge in [0.2, 0.25) is 0 Å². The maximum absolute atomic E-state index is 5.41. The van der Waals surface area contributed by atoms with E-state index in [4.69, 9.17) is 9.73 Å². The van der Waals surface area contributed by atoms with E-state index < -0.39 is 0 Å². The maximum atomic E-state index is 5.41. The van der Waals surface area contributed by atoms with E-state index in [0.29, 0.717) is 18.5 Å². The van der Waals surface area contributed by atoms with Crippen molar-refractivity contribution in [2.45, 2.75) is 53.1 Å². The zero-order valence-electron chi connectivity index (χ0n) is 18.1. The molecule has 162 valence electrons. The largest absolute Gasteiger partial charge is 0.379 e. The number of nitrogens with one attached hydrogen (secondary N) is 2. The van der Waals surface area contributed by atoms with Crippen LogP contribution in [0.15, 0.2) is 4.99 Å². The van der Waals surface area contributed by atoms with Crippen LogP contribution in [0.4, 0.5) is 0 Å². The Bertz CT molecular complexity index is 585. The predicted molar refractivity (Wildman–Crippen MR) is 124 cm³/mol. The van der Waals surface area contributed by atoms with Crippen molar-refractivity contribution in [2.24, 2.45) is 18.0 Å². The van der Waals surface area contributed by atoms with Crippen LogP contribution in [0, 0.1) is 12.8 Å². The maximum Gasteiger partial charge on any atom is 0.191 e. The van der Waals surface area contributed by atoms with Crippen molar-refractivity contribution in [3.63, 3.8) is 0 Å². The lowest BCUT2D eigenvalue weighted by Crippen LogP contribution is -2.46. The van der Waals surface area contributed by atoms with Crippen molar-refractivity contribution in [1.29, 1.82) is 0 Å². The van der Waals surface area contributed by atoms with E-state index in [-0.39, 0.29) is 24.0 Å². The topological polar surface area (TPSA) is 79.6 Å². The van der Waals surface area contributed by atoms with Gasteiger partial charge in [-0.3, -0.25) is 4.90 Å². The summed E-state index contributed by atoms with van der Waals surface area (Å²) in [5.74, 6) is 3.34. The van der Waals surface area contributed by atoms with Crippen LogP contribution in [-0.2, 0) is 18.3 Å². The summed E-state index contributed by atoms with van der Waals surface area (Å²) in [5, 5.41) is 15.3. The zero-order valence-corrected chi connectivity index (χ0v) is 20.4. The fourth-order valence-electron chi connectivity index (χ4n) is 2.94. The number of halogens is 1. The van der Waals surface area contributed by atoms with Gasteiger partial charge in [-0.25, -0.2) is 4.99 Å². The first-order chi connectivity index (χ1) is 13.0. The molecule has 0 spiro atoms. The number of guanidine groups is 1. The van der Waals surface area contributed by atoms with Gasteiger partial charge in [0.25, 0.3) is 0 Å². The average molecular weight is 507 g/mol. The number of morpholine rings is 1. The summed E-state index contributed by atoms with van der Waals surface area (Å²) < 4.78 is 7.40. The summed E-state index contributed by atoms with van der Waals surface area (Å²) >= 11 is 0. The monoisotopic (exact) mass is 507 g/mol. The highest BCUT2D eigenvalue weighted by Gasteiger charge is 2.12. The second-order valence-corrected chi connectivity index (χ2v) is 7.78. The van der Waals surface area contributed by atoms with Crippen LogP contribution in [0.2, 0.25) is 0 Å². The van der Waals surface area contributed by atoms with Gasteiger partial charge in [-0.05, 0) is 32.6 Å². The summed E-state index contributed by atoms with van der Waals surface area (Å²) in [5.41, 5.74) is 0. The molecule has 0 aliphatic carbocycles. The Kier molecular flexibility index (Phi) is 11.9. The Morgan fingerprint density at radius 2 is 1.89 bits per heavy atom. The molecule has 2 heterocycles. The van der Waals surface area contributed by atoms with E-state index >= 15 is 0 Å². The van der Waals surface area contributed by atoms with Crippen LogP contribution in [0.3, 0.4) is 0 Å². The van der Waals surface area contributed by atoms with Gasteiger partial charge >= 0.3 is 0 Å². The second-order valence-electron chi connectivity index (χ2n) is 7.78. The van der Waals surface area contributed by atoms with Crippen LogP contribution in [0.25, 0.3) is 0 Å². The highest BCUT2D eigenvalue weighted by atomic mass is 127. The Morgan fingerprint density at radius 3 is 2.50 bits per heavy atom. The summed E-state index contributed by atoms with van der Waals surface area (Å²) in [7, 11) is 1.98. The molecule has 9 heteroatoms. The summed E-state index contributed by atoms with van der Waals surface area (Å²) in [4.78, 5) is 7.16. The van der Waals surface area contributed by atoms with E-state index in [1.165, 1.54) is 6.42 Å². The van der Waals surface area contributed by atoms with E-state index in [1.54, 1.807) is 0 Å². The third-order valence-corrected chi connectivity index (χ3v) is 4.95. The minimum atomic E-state index is 0. The van der Waals surface area contributed by atoms with Crippen molar-refractivity contribution in [3.8, 4) is 0 Å². The van der Waals surface area contributed by atoms with Crippen LogP contribution in [-0.4, -0.2) is 71.1 Å². The second kappa shape index (κ2) is 13.3. The molecule has 0 aromatic carbocycles. The van der Waals surface area contributed by atoms with Crippen LogP contribution >= 0.6 is 24.0 Å². The number of hydrogen-bond acceptors (Lipinski definition) is 5. The number of aliphatic imine (C=N–C) groups is 1. The first-order valence-electron chi connectivity index (χ1n) is 10.2. The number of nitrogens with zero attached hydrogens (tertiary/aromatic N) is 5. The van der Waals surface area contributed by atoms with Gasteiger partial charge in [-0.2, -0.15) is 0 Å². The summed E-state index contributed by atoms with van der Waals surface area (Å²) in [6.07, 6.45) is 2.34. The third kappa shape index (κ3) is 9.04. The van der Waals surface area contributed by atoms with Crippen LogP contribution in [0.1, 0.15) is 45.3 Å². The first kappa shape index (κ1) is 25.1. The van der Waals surface area contributed by atoms with Gasteiger partial charge in [0, 0.05) is 39.3 Å². The van der Waals surface area contributed by atoms with Crippen molar-refractivity contribution in [1.82, 2.24) is 30.3 Å². The number of hydrogen-bond donors (Lipinski definition) is 2. The molecule has 2 N–H and O–H groups in total. The van der Waals surface area contributed by atoms with Crippen molar-refractivity contribution >= 4 is 29.9 Å². The molecule has 2 rings (SSSR count). The smallest absolute Gasteiger partial charge is 0.191 e. The van der Waals surface area contributed by atoms with E-state index in [9.17, 15) is 0 Å². The molecule has 0 radical (unpaired) electrons. The van der Waals surface area contributed by atoms with Crippen molar-refractivity contribution in [3.05, 3.63) is 11.6 Å². The first-order valence-corrected chi connectivity index (χ1v) is 10.2. The van der Waals surface area contributed by atoms with E-state index in [2.05, 4.69) is 46.5 Å². The molecule has 1 aromatic heterocycles. The lowest BCUT2D eigenvalue weighted by molar-refractivity contribution is 0.0389. The molecule has 1 aliphatic rings. The SMILES string of the molecule is Cc1nnc(CN=C(NCCN2CCOCC2)NC(C)CCC(C)C)n1C.I. The van der Waals surface area contributed by atoms with Gasteiger partial charge in [-0.15, -0.1) is 34.2 Å². The van der Waals surface area contributed by atoms with Crippen LogP contribution < -0.4 is 10.6 Å². The van der Waals surface area contributed by atoms with Crippen molar-refractivity contribution < 1.29 is 4.74 Å². The molecule has 28 heavy (non-hydrogen) atoms. The Hall–Kier alpha value is -0.940. The molecular formula is C19H38IN7O. The van der Waals surface area contributed by atoms with Gasteiger partial charge in [0.15, 0.2) is 11.8 Å². The molecule has 1 aliphatic heterocycles. The average Bonchev–Trinajstić information content (AvgIpc) is 2.97. The Labute approximate surface area is 186 Å². The molecule has 0 bridgehead atoms. The number of ether oxygens (including phenoxy) is 1. The predicted octanol–water partition coefficient (Wildman–Crippen LogP) is 1.93. The van der Waals surface area contributed by atoms with Gasteiger partial charge in [-0.1, -0.05) is 13.8 Å². The normalized spacial score (nSPS) is 16.7. The standard InChI is InChI=1S/C19H37N7O.HI/c1-15(2)6-7-16(3)22-19(20-8-9-26-10-12-27-13-11-26)21-14-18-24-23-17(4)25(18)5;/h15-16H,6-14H2,1-5H3,(H2,20,21,22);1H. The lowest BCUT2D eigenvalue weighted by Gasteiger charge is -2.27. The van der Waals surface area contributed by atoms with E-state index in [0.717, 1.165) is 63.4 Å². The molecule has 8 nitrogen and oxygen atoms in total.